The normalized spacial score (nSPS) is 11.9. The smallest absolute Gasteiger partial charge is 0.291 e. The number of hydrogen-bond donors (Lipinski definition) is 0. The highest BCUT2D eigenvalue weighted by Gasteiger charge is 2.35. The van der Waals surface area contributed by atoms with E-state index >= 15 is 0 Å². The molecule has 2 aromatic rings. The quantitative estimate of drug-likeness (QED) is 0.766. The van der Waals surface area contributed by atoms with Crippen molar-refractivity contribution in [1.29, 1.82) is 0 Å². The van der Waals surface area contributed by atoms with Crippen molar-refractivity contribution in [1.82, 2.24) is 0 Å². The molecule has 0 saturated carbocycles. The van der Waals surface area contributed by atoms with E-state index in [1.807, 2.05) is 18.2 Å². The number of rotatable bonds is 3. The van der Waals surface area contributed by atoms with Crippen molar-refractivity contribution < 1.29 is 13.6 Å². The van der Waals surface area contributed by atoms with Crippen LogP contribution in [0.4, 0.5) is 8.78 Å². The number of carbonyl (C=O) groups excluding carboxylic acids is 1. The van der Waals surface area contributed by atoms with E-state index in [9.17, 15) is 13.6 Å². The van der Waals surface area contributed by atoms with Crippen molar-refractivity contribution >= 4 is 38.8 Å². The summed E-state index contributed by atoms with van der Waals surface area (Å²) in [5.41, 5.74) is 0.603. The fourth-order valence-corrected chi connectivity index (χ4v) is 2.47. The largest absolute Gasteiger partial charge is 0.380 e. The fourth-order valence-electron chi connectivity index (χ4n) is 1.44. The molecule has 0 spiro atoms. The van der Waals surface area contributed by atoms with E-state index in [4.69, 9.17) is 0 Å². The van der Waals surface area contributed by atoms with Crippen LogP contribution in [0.2, 0.25) is 0 Å². The van der Waals surface area contributed by atoms with Crippen LogP contribution < -0.4 is 0 Å². The van der Waals surface area contributed by atoms with Gasteiger partial charge in [-0.1, -0.05) is 18.2 Å². The first-order valence-corrected chi connectivity index (χ1v) is 5.79. The predicted molar refractivity (Wildman–Crippen MR) is 61.3 cm³/mol. The second kappa shape index (κ2) is 4.11. The van der Waals surface area contributed by atoms with E-state index in [0.717, 1.165) is 10.1 Å². The molecule has 0 aliphatic rings. The second-order valence-corrected chi connectivity index (χ2v) is 4.74. The maximum absolute atomic E-state index is 12.5. The topological polar surface area (TPSA) is 17.1 Å². The summed E-state index contributed by atoms with van der Waals surface area (Å²) in [7, 11) is 0. The van der Waals surface area contributed by atoms with Crippen LogP contribution >= 0.6 is 22.9 Å². The molecule has 1 aromatic carbocycles. The van der Waals surface area contributed by atoms with Crippen LogP contribution in [-0.4, -0.2) is 11.2 Å². The molecule has 1 heterocycles. The average Bonchev–Trinajstić information content (AvgIpc) is 2.61. The molecule has 16 heavy (non-hydrogen) atoms. The van der Waals surface area contributed by atoms with Crippen LogP contribution in [0.1, 0.15) is 5.56 Å². The number of thiophene rings is 1. The molecule has 0 fully saturated rings. The minimum atomic E-state index is -3.77. The minimum Gasteiger partial charge on any atom is -0.291 e. The molecule has 0 aliphatic carbocycles. The molecule has 0 radical (unpaired) electrons. The Labute approximate surface area is 99.6 Å². The van der Waals surface area contributed by atoms with Gasteiger partial charge < -0.3 is 0 Å². The molecule has 1 aromatic heterocycles. The zero-order valence-corrected chi connectivity index (χ0v) is 9.62. The van der Waals surface area contributed by atoms with Gasteiger partial charge in [0.05, 0.1) is 0 Å². The Morgan fingerprint density at radius 3 is 2.75 bits per heavy atom. The van der Waals surface area contributed by atoms with Gasteiger partial charge in [0.1, 0.15) is 0 Å². The summed E-state index contributed by atoms with van der Waals surface area (Å²) >= 11 is 6.10. The summed E-state index contributed by atoms with van der Waals surface area (Å²) in [5.74, 6) is -1.27. The molecule has 0 unspecified atom stereocenters. The summed E-state index contributed by atoms with van der Waals surface area (Å²) in [5, 5.41) is -1.23. The van der Waals surface area contributed by atoms with Gasteiger partial charge in [-0.15, -0.1) is 11.3 Å². The third-order valence-electron chi connectivity index (χ3n) is 2.23. The molecule has 5 heteroatoms. The fraction of sp³-hybridized carbons (Fsp3) is 0.182. The Kier molecular flexibility index (Phi) is 2.95. The molecule has 0 amide bonds. The standard InChI is InChI=1S/C11H7ClF2OS/c12-11(13,14)10(15)5-7-6-16-9-4-2-1-3-8(7)9/h1-4,6H,5H2. The van der Waals surface area contributed by atoms with E-state index in [1.54, 1.807) is 11.4 Å². The maximum atomic E-state index is 12.5. The lowest BCUT2D eigenvalue weighted by Gasteiger charge is -2.05. The highest BCUT2D eigenvalue weighted by atomic mass is 35.5. The van der Waals surface area contributed by atoms with E-state index in [-0.39, 0.29) is 6.42 Å². The van der Waals surface area contributed by atoms with Gasteiger partial charge in [0, 0.05) is 11.1 Å². The van der Waals surface area contributed by atoms with Gasteiger partial charge in [-0.25, -0.2) is 0 Å². The van der Waals surface area contributed by atoms with Crippen LogP contribution in [0.3, 0.4) is 0 Å². The first-order chi connectivity index (χ1) is 7.48. The minimum absolute atomic E-state index is 0.333. The van der Waals surface area contributed by atoms with Gasteiger partial charge in [0.25, 0.3) is 0 Å². The van der Waals surface area contributed by atoms with Crippen LogP contribution in [0, 0.1) is 0 Å². The third-order valence-corrected chi connectivity index (χ3v) is 3.45. The van der Waals surface area contributed by atoms with Crippen LogP contribution in [-0.2, 0) is 11.2 Å². The van der Waals surface area contributed by atoms with Crippen molar-refractivity contribution in [3.63, 3.8) is 0 Å². The van der Waals surface area contributed by atoms with E-state index in [1.165, 1.54) is 11.3 Å². The van der Waals surface area contributed by atoms with Crippen LogP contribution in [0.15, 0.2) is 29.6 Å². The summed E-state index contributed by atoms with van der Waals surface area (Å²) in [6, 6.07) is 7.36. The Hall–Kier alpha value is -1.00. The number of ketones is 1. The zero-order chi connectivity index (χ0) is 11.8. The van der Waals surface area contributed by atoms with E-state index < -0.39 is 11.2 Å². The number of Topliss-reactive ketones (excluding diaryl/α,β-unsaturated/α-hetero) is 1. The summed E-state index contributed by atoms with van der Waals surface area (Å²) in [4.78, 5) is 11.1. The molecule has 2 rings (SSSR count). The number of hydrogen-bond acceptors (Lipinski definition) is 2. The Bertz CT molecular complexity index is 530. The average molecular weight is 261 g/mol. The molecule has 0 aliphatic heterocycles. The van der Waals surface area contributed by atoms with Gasteiger partial charge in [0.2, 0.25) is 5.78 Å². The lowest BCUT2D eigenvalue weighted by atomic mass is 10.1. The maximum Gasteiger partial charge on any atom is 0.380 e. The third kappa shape index (κ3) is 2.23. The molecule has 1 nitrogen and oxygen atoms in total. The zero-order valence-electron chi connectivity index (χ0n) is 8.04. The number of fused-ring (bicyclic) bond motifs is 1. The Balaban J connectivity index is 2.32. The van der Waals surface area contributed by atoms with Crippen molar-refractivity contribution in [3.8, 4) is 0 Å². The molecule has 0 N–H and O–H groups in total. The first kappa shape index (κ1) is 11.5. The van der Waals surface area contributed by atoms with Crippen molar-refractivity contribution in [3.05, 3.63) is 35.2 Å². The van der Waals surface area contributed by atoms with Gasteiger partial charge in [0.15, 0.2) is 0 Å². The lowest BCUT2D eigenvalue weighted by molar-refractivity contribution is -0.132. The first-order valence-electron chi connectivity index (χ1n) is 4.53. The van der Waals surface area contributed by atoms with E-state index in [2.05, 4.69) is 11.6 Å². The number of benzene rings is 1. The second-order valence-electron chi connectivity index (χ2n) is 3.35. The van der Waals surface area contributed by atoms with Gasteiger partial charge >= 0.3 is 5.38 Å². The highest BCUT2D eigenvalue weighted by Crippen LogP contribution is 2.29. The summed E-state index contributed by atoms with van der Waals surface area (Å²) < 4.78 is 26.0. The monoisotopic (exact) mass is 260 g/mol. The molecular weight excluding hydrogens is 254 g/mol. The molecule has 0 saturated heterocycles. The number of carbonyl (C=O) groups is 1. The Morgan fingerprint density at radius 1 is 1.38 bits per heavy atom. The lowest BCUT2D eigenvalue weighted by Crippen LogP contribution is -2.23. The van der Waals surface area contributed by atoms with Crippen LogP contribution in [0.25, 0.3) is 10.1 Å². The highest BCUT2D eigenvalue weighted by molar-refractivity contribution is 7.17. The number of halogens is 3. The molecular formula is C11H7ClF2OS. The molecule has 0 atom stereocenters. The summed E-state index contributed by atoms with van der Waals surface area (Å²) in [6.07, 6.45) is -0.333. The SMILES string of the molecule is O=C(Cc1csc2ccccc12)C(F)(F)Cl. The van der Waals surface area contributed by atoms with Crippen molar-refractivity contribution in [2.75, 3.05) is 0 Å². The molecule has 0 bridgehead atoms. The predicted octanol–water partition coefficient (Wildman–Crippen LogP) is 3.84. The van der Waals surface area contributed by atoms with Crippen molar-refractivity contribution in [2.24, 2.45) is 0 Å². The van der Waals surface area contributed by atoms with Gasteiger partial charge in [-0.3, -0.25) is 4.79 Å². The van der Waals surface area contributed by atoms with Gasteiger partial charge in [-0.2, -0.15) is 8.78 Å². The Morgan fingerprint density at radius 2 is 2.06 bits per heavy atom. The van der Waals surface area contributed by atoms with Gasteiger partial charge in [-0.05, 0) is 34.0 Å². The number of alkyl halides is 3. The molecule has 84 valence electrons. The van der Waals surface area contributed by atoms with Crippen LogP contribution in [0.5, 0.6) is 0 Å². The van der Waals surface area contributed by atoms with Crippen molar-refractivity contribution in [2.45, 2.75) is 11.8 Å². The van der Waals surface area contributed by atoms with E-state index in [0.29, 0.717) is 5.56 Å². The summed E-state index contributed by atoms with van der Waals surface area (Å²) in [6.45, 7) is 0.